The predicted molar refractivity (Wildman–Crippen MR) is 88.4 cm³/mol. The summed E-state index contributed by atoms with van der Waals surface area (Å²) in [4.78, 5) is 16.4. The van der Waals surface area contributed by atoms with Crippen LogP contribution >= 0.6 is 15.9 Å². The van der Waals surface area contributed by atoms with Crippen LogP contribution in [0.4, 0.5) is 0 Å². The SMILES string of the molecule is CCN1CCN(CC(=O)NN=Cc2cccc(Br)c2)CC1. The number of piperazine rings is 1. The molecular formula is C15H21BrN4O. The maximum Gasteiger partial charge on any atom is 0.254 e. The van der Waals surface area contributed by atoms with Gasteiger partial charge in [0.15, 0.2) is 0 Å². The molecule has 1 fully saturated rings. The number of halogens is 1. The minimum absolute atomic E-state index is 0.0637. The van der Waals surface area contributed by atoms with Crippen molar-refractivity contribution in [3.05, 3.63) is 34.3 Å². The van der Waals surface area contributed by atoms with Gasteiger partial charge in [-0.05, 0) is 24.2 Å². The summed E-state index contributed by atoms with van der Waals surface area (Å²) in [6, 6.07) is 7.76. The minimum Gasteiger partial charge on any atom is -0.301 e. The highest BCUT2D eigenvalue weighted by atomic mass is 79.9. The molecule has 0 aromatic heterocycles. The van der Waals surface area contributed by atoms with Gasteiger partial charge in [0.1, 0.15) is 0 Å². The van der Waals surface area contributed by atoms with Crippen LogP contribution < -0.4 is 5.43 Å². The number of hydrogen-bond acceptors (Lipinski definition) is 4. The quantitative estimate of drug-likeness (QED) is 0.645. The minimum atomic E-state index is -0.0637. The van der Waals surface area contributed by atoms with Crippen LogP contribution in [0.2, 0.25) is 0 Å². The average molecular weight is 353 g/mol. The number of amides is 1. The number of likely N-dealkylation sites (N-methyl/N-ethyl adjacent to an activating group) is 1. The Labute approximate surface area is 134 Å². The van der Waals surface area contributed by atoms with Crippen molar-refractivity contribution in [3.63, 3.8) is 0 Å². The second-order valence-electron chi connectivity index (χ2n) is 5.06. The summed E-state index contributed by atoms with van der Waals surface area (Å²) in [5, 5.41) is 4.00. The molecule has 1 amide bonds. The van der Waals surface area contributed by atoms with Gasteiger partial charge in [-0.2, -0.15) is 5.10 Å². The molecule has 1 heterocycles. The fourth-order valence-corrected chi connectivity index (χ4v) is 2.68. The molecule has 6 heteroatoms. The van der Waals surface area contributed by atoms with Crippen molar-refractivity contribution in [2.24, 2.45) is 5.10 Å². The van der Waals surface area contributed by atoms with Crippen LogP contribution in [-0.4, -0.2) is 61.2 Å². The maximum atomic E-state index is 11.8. The molecule has 0 radical (unpaired) electrons. The van der Waals surface area contributed by atoms with E-state index in [1.54, 1.807) is 6.21 Å². The average Bonchev–Trinajstić information content (AvgIpc) is 2.48. The molecule has 0 spiro atoms. The largest absolute Gasteiger partial charge is 0.301 e. The first-order valence-electron chi connectivity index (χ1n) is 7.19. The van der Waals surface area contributed by atoms with Crippen LogP contribution in [0.1, 0.15) is 12.5 Å². The second-order valence-corrected chi connectivity index (χ2v) is 5.97. The first kappa shape index (κ1) is 16.1. The fourth-order valence-electron chi connectivity index (χ4n) is 2.27. The Balaban J connectivity index is 1.72. The Morgan fingerprint density at radius 2 is 2.05 bits per heavy atom. The van der Waals surface area contributed by atoms with E-state index in [1.807, 2.05) is 24.3 Å². The van der Waals surface area contributed by atoms with Gasteiger partial charge in [0.25, 0.3) is 5.91 Å². The lowest BCUT2D eigenvalue weighted by Gasteiger charge is -2.33. The molecule has 1 aromatic rings. The van der Waals surface area contributed by atoms with Crippen molar-refractivity contribution in [1.82, 2.24) is 15.2 Å². The number of rotatable bonds is 5. The number of nitrogens with one attached hydrogen (secondary N) is 1. The molecule has 0 aliphatic carbocycles. The molecule has 1 saturated heterocycles. The number of benzene rings is 1. The van der Waals surface area contributed by atoms with E-state index in [9.17, 15) is 4.79 Å². The van der Waals surface area contributed by atoms with Gasteiger partial charge in [0.05, 0.1) is 12.8 Å². The van der Waals surface area contributed by atoms with Gasteiger partial charge in [-0.1, -0.05) is 35.0 Å². The van der Waals surface area contributed by atoms with Gasteiger partial charge in [0, 0.05) is 30.7 Å². The highest BCUT2D eigenvalue weighted by Gasteiger charge is 2.17. The molecule has 0 atom stereocenters. The molecule has 1 aromatic carbocycles. The summed E-state index contributed by atoms with van der Waals surface area (Å²) in [5.41, 5.74) is 3.53. The van der Waals surface area contributed by atoms with Crippen LogP contribution in [0.3, 0.4) is 0 Å². The zero-order valence-corrected chi connectivity index (χ0v) is 13.8. The highest BCUT2D eigenvalue weighted by molar-refractivity contribution is 9.10. The van der Waals surface area contributed by atoms with Crippen LogP contribution in [0.25, 0.3) is 0 Å². The number of carbonyl (C=O) groups is 1. The third-order valence-electron chi connectivity index (χ3n) is 3.53. The third kappa shape index (κ3) is 5.57. The Morgan fingerprint density at radius 1 is 1.33 bits per heavy atom. The second kappa shape index (κ2) is 8.26. The molecule has 2 rings (SSSR count). The van der Waals surface area contributed by atoms with Crippen LogP contribution in [0, 0.1) is 0 Å². The monoisotopic (exact) mass is 352 g/mol. The van der Waals surface area contributed by atoms with E-state index >= 15 is 0 Å². The van der Waals surface area contributed by atoms with Gasteiger partial charge in [-0.3, -0.25) is 9.69 Å². The standard InChI is InChI=1S/C15H21BrN4O/c1-2-19-6-8-20(9-7-19)12-15(21)18-17-11-13-4-3-5-14(16)10-13/h3-5,10-11H,2,6-9,12H2,1H3,(H,18,21). The number of nitrogens with zero attached hydrogens (tertiary/aromatic N) is 3. The van der Waals surface area contributed by atoms with Gasteiger partial charge in [-0.15, -0.1) is 0 Å². The zero-order chi connectivity index (χ0) is 15.1. The Morgan fingerprint density at radius 3 is 2.71 bits per heavy atom. The lowest BCUT2D eigenvalue weighted by Crippen LogP contribution is -2.48. The molecule has 1 N–H and O–H groups in total. The summed E-state index contributed by atoms with van der Waals surface area (Å²) < 4.78 is 0.992. The molecule has 114 valence electrons. The fraction of sp³-hybridized carbons (Fsp3) is 0.467. The molecule has 1 aliphatic rings. The first-order chi connectivity index (χ1) is 10.2. The van der Waals surface area contributed by atoms with Gasteiger partial charge < -0.3 is 4.90 Å². The van der Waals surface area contributed by atoms with Crippen LogP contribution in [-0.2, 0) is 4.79 Å². The van der Waals surface area contributed by atoms with Crippen LogP contribution in [0.15, 0.2) is 33.8 Å². The number of hydrogen-bond donors (Lipinski definition) is 1. The van der Waals surface area contributed by atoms with E-state index in [-0.39, 0.29) is 5.91 Å². The predicted octanol–water partition coefficient (Wildman–Crippen LogP) is 1.54. The van der Waals surface area contributed by atoms with E-state index in [1.165, 1.54) is 0 Å². The van der Waals surface area contributed by atoms with E-state index in [4.69, 9.17) is 0 Å². The molecule has 21 heavy (non-hydrogen) atoms. The van der Waals surface area contributed by atoms with Crippen molar-refractivity contribution in [2.75, 3.05) is 39.3 Å². The van der Waals surface area contributed by atoms with Crippen molar-refractivity contribution in [2.45, 2.75) is 6.92 Å². The maximum absolute atomic E-state index is 11.8. The Bertz CT molecular complexity index is 498. The van der Waals surface area contributed by atoms with E-state index in [0.717, 1.165) is 42.8 Å². The summed E-state index contributed by atoms with van der Waals surface area (Å²) in [6.45, 7) is 7.60. The van der Waals surface area contributed by atoms with Crippen molar-refractivity contribution < 1.29 is 4.79 Å². The molecule has 0 unspecified atom stereocenters. The zero-order valence-electron chi connectivity index (χ0n) is 12.3. The van der Waals surface area contributed by atoms with Gasteiger partial charge >= 0.3 is 0 Å². The third-order valence-corrected chi connectivity index (χ3v) is 4.02. The number of carbonyl (C=O) groups excluding carboxylic acids is 1. The topological polar surface area (TPSA) is 47.9 Å². The molecule has 5 nitrogen and oxygen atoms in total. The molecule has 1 aliphatic heterocycles. The first-order valence-corrected chi connectivity index (χ1v) is 7.99. The Hall–Kier alpha value is -1.24. The van der Waals surface area contributed by atoms with Gasteiger partial charge in [0.2, 0.25) is 0 Å². The summed E-state index contributed by atoms with van der Waals surface area (Å²) in [6.07, 6.45) is 1.65. The van der Waals surface area contributed by atoms with E-state index in [0.29, 0.717) is 6.54 Å². The van der Waals surface area contributed by atoms with Crippen molar-refractivity contribution in [3.8, 4) is 0 Å². The lowest BCUT2D eigenvalue weighted by atomic mass is 10.2. The van der Waals surface area contributed by atoms with Gasteiger partial charge in [-0.25, -0.2) is 5.43 Å². The lowest BCUT2D eigenvalue weighted by molar-refractivity contribution is -0.122. The number of hydrazone groups is 1. The van der Waals surface area contributed by atoms with Crippen LogP contribution in [0.5, 0.6) is 0 Å². The summed E-state index contributed by atoms with van der Waals surface area (Å²) >= 11 is 3.40. The summed E-state index contributed by atoms with van der Waals surface area (Å²) in [5.74, 6) is -0.0637. The highest BCUT2D eigenvalue weighted by Crippen LogP contribution is 2.09. The van der Waals surface area contributed by atoms with Crippen molar-refractivity contribution >= 4 is 28.1 Å². The smallest absolute Gasteiger partial charge is 0.254 e. The molecular weight excluding hydrogens is 332 g/mol. The molecule has 0 saturated carbocycles. The Kier molecular flexibility index (Phi) is 6.35. The normalized spacial score (nSPS) is 17.2. The van der Waals surface area contributed by atoms with E-state index < -0.39 is 0 Å². The molecule has 0 bridgehead atoms. The van der Waals surface area contributed by atoms with Crippen molar-refractivity contribution in [1.29, 1.82) is 0 Å². The summed E-state index contributed by atoms with van der Waals surface area (Å²) in [7, 11) is 0. The van der Waals surface area contributed by atoms with E-state index in [2.05, 4.69) is 43.2 Å².